The van der Waals surface area contributed by atoms with Crippen LogP contribution in [0.5, 0.6) is 0 Å². The predicted octanol–water partition coefficient (Wildman–Crippen LogP) is 9.00. The standard InChI is InChI=1S/C45H80O12S/c1-3-5-7-9-11-13-15-17-19-21-23-25-27-29-31-33-40(46)54-35-38(36-55-45-44(50)43(49)42(48)39(57-45)37-58(51,52)53)56-41(47)34-32-30-28-26-24-22-20-18-16-14-12-10-8-6-4-2/h9,11,14,16,18,20,38-39,42-45,48-50H,3-8,10,12-13,15,17,19,21-37H2,1-2H3,(H,51,52,53)/b11-9+,16-14+,20-18+/t38-,39-,42-,43?,44?,45+/m1/s1. The first-order valence-electron chi connectivity index (χ1n) is 22.6. The van der Waals surface area contributed by atoms with Crippen LogP contribution in [0.4, 0.5) is 0 Å². The molecule has 1 heterocycles. The summed E-state index contributed by atoms with van der Waals surface area (Å²) in [7, 11) is -4.60. The van der Waals surface area contributed by atoms with E-state index in [0.717, 1.165) is 57.8 Å². The number of esters is 2. The molecule has 0 bridgehead atoms. The van der Waals surface area contributed by atoms with Crippen LogP contribution in [0.25, 0.3) is 0 Å². The second-order valence-electron chi connectivity index (χ2n) is 15.7. The van der Waals surface area contributed by atoms with Gasteiger partial charge in [-0.25, -0.2) is 0 Å². The first kappa shape index (κ1) is 53.9. The van der Waals surface area contributed by atoms with E-state index in [9.17, 15) is 37.9 Å². The Hall–Kier alpha value is -2.13. The van der Waals surface area contributed by atoms with Gasteiger partial charge in [-0.1, -0.05) is 147 Å². The highest BCUT2D eigenvalue weighted by Crippen LogP contribution is 2.24. The van der Waals surface area contributed by atoms with Crippen LogP contribution in [0.15, 0.2) is 36.5 Å². The molecule has 0 aliphatic carbocycles. The summed E-state index contributed by atoms with van der Waals surface area (Å²) >= 11 is 0. The van der Waals surface area contributed by atoms with Crippen LogP contribution in [-0.2, 0) is 38.7 Å². The summed E-state index contributed by atoms with van der Waals surface area (Å²) in [5.41, 5.74) is 0. The van der Waals surface area contributed by atoms with Crippen LogP contribution in [-0.4, -0.2) is 96.0 Å². The normalized spacial score (nSPS) is 20.7. The van der Waals surface area contributed by atoms with Crippen molar-refractivity contribution in [2.75, 3.05) is 19.0 Å². The van der Waals surface area contributed by atoms with Gasteiger partial charge in [0.25, 0.3) is 10.1 Å². The topological polar surface area (TPSA) is 186 Å². The molecule has 0 aromatic carbocycles. The highest BCUT2D eigenvalue weighted by Gasteiger charge is 2.46. The van der Waals surface area contributed by atoms with E-state index in [1.54, 1.807) is 0 Å². The number of hydrogen-bond acceptors (Lipinski definition) is 11. The fraction of sp³-hybridized carbons (Fsp3) is 0.822. The molecule has 6 atom stereocenters. The molecular weight excluding hydrogens is 765 g/mol. The molecule has 0 spiro atoms. The van der Waals surface area contributed by atoms with Crippen molar-refractivity contribution in [3.8, 4) is 0 Å². The van der Waals surface area contributed by atoms with Crippen molar-refractivity contribution in [1.29, 1.82) is 0 Å². The summed E-state index contributed by atoms with van der Waals surface area (Å²) in [6.07, 6.45) is 30.4. The minimum atomic E-state index is -4.60. The fourth-order valence-corrected chi connectivity index (χ4v) is 7.34. The van der Waals surface area contributed by atoms with Gasteiger partial charge in [0, 0.05) is 12.8 Å². The lowest BCUT2D eigenvalue weighted by Gasteiger charge is -2.40. The van der Waals surface area contributed by atoms with Gasteiger partial charge in [0.2, 0.25) is 0 Å². The number of ether oxygens (including phenoxy) is 4. The second kappa shape index (κ2) is 35.6. The monoisotopic (exact) mass is 845 g/mol. The van der Waals surface area contributed by atoms with E-state index in [1.165, 1.54) is 83.5 Å². The second-order valence-corrected chi connectivity index (χ2v) is 17.2. The quantitative estimate of drug-likeness (QED) is 0.0153. The molecule has 0 saturated carbocycles. The van der Waals surface area contributed by atoms with Gasteiger partial charge in [0.15, 0.2) is 12.4 Å². The molecule has 4 N–H and O–H groups in total. The van der Waals surface area contributed by atoms with Crippen molar-refractivity contribution < 1.29 is 56.8 Å². The number of hydrogen-bond donors (Lipinski definition) is 4. The maximum atomic E-state index is 12.8. The molecule has 12 nitrogen and oxygen atoms in total. The van der Waals surface area contributed by atoms with Gasteiger partial charge in [-0.15, -0.1) is 0 Å². The van der Waals surface area contributed by atoms with Gasteiger partial charge < -0.3 is 34.3 Å². The minimum absolute atomic E-state index is 0.147. The Kier molecular flexibility index (Phi) is 33.1. The lowest BCUT2D eigenvalue weighted by molar-refractivity contribution is -0.297. The molecule has 0 aromatic rings. The van der Waals surface area contributed by atoms with Crippen molar-refractivity contribution in [2.24, 2.45) is 0 Å². The molecule has 58 heavy (non-hydrogen) atoms. The number of aliphatic hydroxyl groups excluding tert-OH is 3. The number of allylic oxidation sites excluding steroid dienone is 6. The fourth-order valence-electron chi connectivity index (χ4n) is 6.65. The Morgan fingerprint density at radius 2 is 1.05 bits per heavy atom. The number of unbranched alkanes of at least 4 members (excludes halogenated alkanes) is 20. The van der Waals surface area contributed by atoms with E-state index >= 15 is 0 Å². The Morgan fingerprint density at radius 1 is 0.586 bits per heavy atom. The summed E-state index contributed by atoms with van der Waals surface area (Å²) < 4.78 is 54.0. The third kappa shape index (κ3) is 30.0. The van der Waals surface area contributed by atoms with Gasteiger partial charge in [-0.2, -0.15) is 8.42 Å². The Labute approximate surface area is 351 Å². The summed E-state index contributed by atoms with van der Waals surface area (Å²) in [5, 5.41) is 30.9. The lowest BCUT2D eigenvalue weighted by atomic mass is 10.00. The molecule has 1 rings (SSSR count). The first-order valence-corrected chi connectivity index (χ1v) is 24.2. The SMILES string of the molecule is CCCC/C=C/CCCCCCCCCCCC(=O)OC[C@H](CO[C@H]1O[C@H](CS(=O)(=O)O)[C@@H](O)C(O)C1O)OC(=O)CCCCCCC/C=C/C=C/CCCCCC. The average molecular weight is 845 g/mol. The van der Waals surface area contributed by atoms with Crippen molar-refractivity contribution >= 4 is 22.1 Å². The van der Waals surface area contributed by atoms with E-state index in [2.05, 4.69) is 50.3 Å². The van der Waals surface area contributed by atoms with Gasteiger partial charge in [0.1, 0.15) is 36.8 Å². The number of carbonyl (C=O) groups excluding carboxylic acids is 2. The van der Waals surface area contributed by atoms with Crippen LogP contribution < -0.4 is 0 Å². The molecule has 0 aromatic heterocycles. The molecule has 338 valence electrons. The number of rotatable bonds is 37. The first-order chi connectivity index (χ1) is 28.0. The predicted molar refractivity (Wildman–Crippen MR) is 229 cm³/mol. The van der Waals surface area contributed by atoms with E-state index in [4.69, 9.17) is 18.9 Å². The number of carbonyl (C=O) groups is 2. The zero-order valence-corrected chi connectivity index (χ0v) is 36.7. The molecule has 0 amide bonds. The molecule has 0 radical (unpaired) electrons. The Bertz CT molecular complexity index is 1220. The number of aliphatic hydroxyl groups is 3. The summed E-state index contributed by atoms with van der Waals surface area (Å²) in [5.74, 6) is -2.00. The van der Waals surface area contributed by atoms with Crippen LogP contribution >= 0.6 is 0 Å². The van der Waals surface area contributed by atoms with Crippen molar-refractivity contribution in [3.05, 3.63) is 36.5 Å². The van der Waals surface area contributed by atoms with E-state index in [0.29, 0.717) is 12.8 Å². The smallest absolute Gasteiger partial charge is 0.306 e. The van der Waals surface area contributed by atoms with Gasteiger partial charge in [0.05, 0.1) is 6.61 Å². The zero-order chi connectivity index (χ0) is 42.7. The highest BCUT2D eigenvalue weighted by molar-refractivity contribution is 7.85. The zero-order valence-electron chi connectivity index (χ0n) is 35.9. The third-order valence-corrected chi connectivity index (χ3v) is 11.0. The van der Waals surface area contributed by atoms with E-state index in [1.807, 2.05) is 0 Å². The van der Waals surface area contributed by atoms with E-state index in [-0.39, 0.29) is 19.4 Å². The molecule has 1 saturated heterocycles. The van der Waals surface area contributed by atoms with Crippen LogP contribution in [0, 0.1) is 0 Å². The van der Waals surface area contributed by atoms with Gasteiger partial charge in [-0.3, -0.25) is 14.1 Å². The van der Waals surface area contributed by atoms with E-state index < -0.39 is 71.2 Å². The Morgan fingerprint density at radius 3 is 1.59 bits per heavy atom. The average Bonchev–Trinajstić information content (AvgIpc) is 3.18. The molecular formula is C45H80O12S. The van der Waals surface area contributed by atoms with Crippen molar-refractivity contribution in [1.82, 2.24) is 0 Å². The van der Waals surface area contributed by atoms with Crippen molar-refractivity contribution in [2.45, 2.75) is 218 Å². The largest absolute Gasteiger partial charge is 0.462 e. The maximum absolute atomic E-state index is 12.8. The molecule has 1 aliphatic heterocycles. The molecule has 13 heteroatoms. The minimum Gasteiger partial charge on any atom is -0.462 e. The summed E-state index contributed by atoms with van der Waals surface area (Å²) in [6, 6.07) is 0. The molecule has 1 aliphatic rings. The lowest BCUT2D eigenvalue weighted by Crippen LogP contribution is -2.60. The third-order valence-electron chi connectivity index (χ3n) is 10.2. The summed E-state index contributed by atoms with van der Waals surface area (Å²) in [6.45, 7) is 3.69. The van der Waals surface area contributed by atoms with Crippen LogP contribution in [0.1, 0.15) is 181 Å². The van der Waals surface area contributed by atoms with Gasteiger partial charge in [-0.05, 0) is 57.8 Å². The maximum Gasteiger partial charge on any atom is 0.306 e. The van der Waals surface area contributed by atoms with Crippen LogP contribution in [0.3, 0.4) is 0 Å². The highest BCUT2D eigenvalue weighted by atomic mass is 32.2. The Balaban J connectivity index is 2.46. The molecule has 2 unspecified atom stereocenters. The van der Waals surface area contributed by atoms with Crippen LogP contribution in [0.2, 0.25) is 0 Å². The summed E-state index contributed by atoms with van der Waals surface area (Å²) in [4.78, 5) is 25.4. The van der Waals surface area contributed by atoms with Gasteiger partial charge >= 0.3 is 11.9 Å². The van der Waals surface area contributed by atoms with Crippen molar-refractivity contribution in [3.63, 3.8) is 0 Å². The molecule has 1 fully saturated rings.